The van der Waals surface area contributed by atoms with Crippen molar-refractivity contribution in [3.8, 4) is 0 Å². The summed E-state index contributed by atoms with van der Waals surface area (Å²) in [4.78, 5) is 0. The second-order valence-corrected chi connectivity index (χ2v) is 6.46. The summed E-state index contributed by atoms with van der Waals surface area (Å²) in [7, 11) is 0. The highest BCUT2D eigenvalue weighted by molar-refractivity contribution is 5.28. The van der Waals surface area contributed by atoms with Gasteiger partial charge in [0.2, 0.25) is 0 Å². The fourth-order valence-corrected chi connectivity index (χ4v) is 5.60. The normalized spacial score (nSPS) is 50.8. The topological polar surface area (TPSA) is 20.2 Å². The predicted octanol–water partition coefficient (Wildman–Crippen LogP) is 2.87. The first-order valence-electron chi connectivity index (χ1n) is 6.43. The maximum atomic E-state index is 10.2. The number of aliphatic hydroxyl groups excluding tert-OH is 1. The molecule has 3 spiro atoms. The molecule has 2 atom stereocenters. The van der Waals surface area contributed by atoms with Crippen LogP contribution in [0.25, 0.3) is 0 Å². The number of rotatable bonds is 0. The van der Waals surface area contributed by atoms with Gasteiger partial charge in [-0.3, -0.25) is 0 Å². The van der Waals surface area contributed by atoms with Gasteiger partial charge in [0.25, 0.3) is 0 Å². The van der Waals surface area contributed by atoms with Gasteiger partial charge in [0.1, 0.15) is 0 Å². The molecule has 0 aromatic carbocycles. The van der Waals surface area contributed by atoms with Crippen LogP contribution in [0.3, 0.4) is 0 Å². The molecular weight excluding hydrogens is 172 g/mol. The molecule has 78 valence electrons. The molecule has 4 aliphatic carbocycles. The van der Waals surface area contributed by atoms with E-state index < -0.39 is 0 Å². The lowest BCUT2D eigenvalue weighted by Gasteiger charge is -2.81. The highest BCUT2D eigenvalue weighted by atomic mass is 16.3. The third-order valence-electron chi connectivity index (χ3n) is 6.66. The van der Waals surface area contributed by atoms with Crippen LogP contribution in [0.15, 0.2) is 0 Å². The van der Waals surface area contributed by atoms with Crippen LogP contribution < -0.4 is 0 Å². The largest absolute Gasteiger partial charge is 0.392 e. The van der Waals surface area contributed by atoms with E-state index in [4.69, 9.17) is 0 Å². The van der Waals surface area contributed by atoms with Gasteiger partial charge in [0.05, 0.1) is 6.10 Å². The molecule has 4 aliphatic rings. The lowest BCUT2D eigenvalue weighted by molar-refractivity contribution is -0.353. The van der Waals surface area contributed by atoms with Crippen molar-refractivity contribution < 1.29 is 5.11 Å². The van der Waals surface area contributed by atoms with Crippen molar-refractivity contribution in [1.82, 2.24) is 0 Å². The Balaban J connectivity index is 1.74. The van der Waals surface area contributed by atoms with E-state index in [0.29, 0.717) is 16.2 Å². The van der Waals surface area contributed by atoms with Gasteiger partial charge in [-0.2, -0.15) is 0 Å². The van der Waals surface area contributed by atoms with E-state index in [2.05, 4.69) is 0 Å². The van der Waals surface area contributed by atoms with Gasteiger partial charge in [-0.25, -0.2) is 0 Å². The van der Waals surface area contributed by atoms with Gasteiger partial charge in [-0.15, -0.1) is 0 Å². The van der Waals surface area contributed by atoms with Gasteiger partial charge in [-0.05, 0) is 55.8 Å². The van der Waals surface area contributed by atoms with Crippen molar-refractivity contribution in [2.75, 3.05) is 0 Å². The first-order valence-corrected chi connectivity index (χ1v) is 6.43. The molecule has 0 saturated heterocycles. The average molecular weight is 192 g/mol. The first-order chi connectivity index (χ1) is 6.75. The second-order valence-electron chi connectivity index (χ2n) is 6.46. The zero-order valence-electron chi connectivity index (χ0n) is 8.89. The van der Waals surface area contributed by atoms with E-state index in [1.807, 2.05) is 0 Å². The molecule has 1 N–H and O–H groups in total. The molecule has 0 unspecified atom stereocenters. The fourth-order valence-electron chi connectivity index (χ4n) is 5.60. The van der Waals surface area contributed by atoms with Crippen molar-refractivity contribution >= 4 is 0 Å². The fraction of sp³-hybridized carbons (Fsp3) is 1.00. The van der Waals surface area contributed by atoms with Crippen molar-refractivity contribution in [3.63, 3.8) is 0 Å². The van der Waals surface area contributed by atoms with Crippen LogP contribution in [0.2, 0.25) is 0 Å². The molecule has 4 saturated carbocycles. The predicted molar refractivity (Wildman–Crippen MR) is 54.9 cm³/mol. The third kappa shape index (κ3) is 0.532. The molecule has 0 amide bonds. The molecule has 0 aromatic rings. The Morgan fingerprint density at radius 3 is 1.71 bits per heavy atom. The number of hydrogen-bond donors (Lipinski definition) is 1. The van der Waals surface area contributed by atoms with Gasteiger partial charge in [-0.1, -0.05) is 12.8 Å². The zero-order valence-corrected chi connectivity index (χ0v) is 8.89. The molecule has 0 heterocycles. The Kier molecular flexibility index (Phi) is 1.20. The average Bonchev–Trinajstić information content (AvgIpc) is 1.90. The molecule has 1 nitrogen and oxygen atoms in total. The minimum absolute atomic E-state index is 0.0804. The molecular formula is C13H20O. The second kappa shape index (κ2) is 2.07. The minimum atomic E-state index is 0.0804. The molecule has 0 bridgehead atoms. The molecule has 14 heavy (non-hydrogen) atoms. The summed E-state index contributed by atoms with van der Waals surface area (Å²) in [5.74, 6) is 0. The molecule has 1 heteroatoms. The lowest BCUT2D eigenvalue weighted by Crippen LogP contribution is -2.77. The molecule has 0 aliphatic heterocycles. The lowest BCUT2D eigenvalue weighted by atomic mass is 9.24. The van der Waals surface area contributed by atoms with Crippen molar-refractivity contribution in [2.45, 2.75) is 63.9 Å². The van der Waals surface area contributed by atoms with Crippen LogP contribution in [0.1, 0.15) is 57.8 Å². The summed E-state index contributed by atoms with van der Waals surface area (Å²) in [6, 6.07) is 0. The van der Waals surface area contributed by atoms with Crippen LogP contribution >= 0.6 is 0 Å². The summed E-state index contributed by atoms with van der Waals surface area (Å²) < 4.78 is 0. The maximum absolute atomic E-state index is 10.2. The van der Waals surface area contributed by atoms with Gasteiger partial charge >= 0.3 is 0 Å². The summed E-state index contributed by atoms with van der Waals surface area (Å²) in [5.41, 5.74) is 1.73. The Morgan fingerprint density at radius 2 is 1.43 bits per heavy atom. The van der Waals surface area contributed by atoms with Crippen LogP contribution in [0.5, 0.6) is 0 Å². The zero-order chi connectivity index (χ0) is 9.44. The maximum Gasteiger partial charge on any atom is 0.0612 e. The highest BCUT2D eigenvalue weighted by Gasteiger charge is 2.78. The van der Waals surface area contributed by atoms with Crippen LogP contribution in [0, 0.1) is 16.2 Å². The number of aliphatic hydroxyl groups is 1. The van der Waals surface area contributed by atoms with Gasteiger partial charge < -0.3 is 5.11 Å². The van der Waals surface area contributed by atoms with Crippen LogP contribution in [-0.4, -0.2) is 11.2 Å². The Morgan fingerprint density at radius 1 is 0.786 bits per heavy atom. The monoisotopic (exact) mass is 192 g/mol. The van der Waals surface area contributed by atoms with E-state index in [9.17, 15) is 5.11 Å². The van der Waals surface area contributed by atoms with Gasteiger partial charge in [0, 0.05) is 5.41 Å². The highest BCUT2D eigenvalue weighted by Crippen LogP contribution is 2.84. The van der Waals surface area contributed by atoms with E-state index in [0.717, 1.165) is 6.42 Å². The number of hydrogen-bond acceptors (Lipinski definition) is 1. The Labute approximate surface area is 85.9 Å². The van der Waals surface area contributed by atoms with E-state index in [1.165, 1.54) is 51.4 Å². The molecule has 4 rings (SSSR count). The van der Waals surface area contributed by atoms with E-state index >= 15 is 0 Å². The van der Waals surface area contributed by atoms with Crippen molar-refractivity contribution in [1.29, 1.82) is 0 Å². The SMILES string of the molecule is O[C@H]1CC2(CCC2)[C@@]12CCC21CCC1. The Bertz CT molecular complexity index is 264. The summed E-state index contributed by atoms with van der Waals surface area (Å²) >= 11 is 0. The van der Waals surface area contributed by atoms with Gasteiger partial charge in [0.15, 0.2) is 0 Å². The summed E-state index contributed by atoms with van der Waals surface area (Å²) in [5, 5.41) is 10.2. The quantitative estimate of drug-likeness (QED) is 0.625. The number of fused-ring (bicyclic) bond motifs is 2. The standard InChI is InChI=1S/C13H20O/c14-10-9-12(5-2-6-12)13(10)8-7-11(13)3-1-4-11/h10,14H,1-9H2/t10-,13-/m0/s1. The van der Waals surface area contributed by atoms with E-state index in [-0.39, 0.29) is 6.10 Å². The van der Waals surface area contributed by atoms with Crippen LogP contribution in [-0.2, 0) is 0 Å². The van der Waals surface area contributed by atoms with Crippen molar-refractivity contribution in [2.24, 2.45) is 16.2 Å². The first kappa shape index (κ1) is 8.15. The Hall–Kier alpha value is -0.0400. The molecule has 4 fully saturated rings. The minimum Gasteiger partial charge on any atom is -0.392 e. The van der Waals surface area contributed by atoms with Crippen LogP contribution in [0.4, 0.5) is 0 Å². The molecule has 0 aromatic heterocycles. The van der Waals surface area contributed by atoms with E-state index in [1.54, 1.807) is 0 Å². The third-order valence-corrected chi connectivity index (χ3v) is 6.66. The summed E-state index contributed by atoms with van der Waals surface area (Å²) in [6.07, 6.45) is 12.6. The summed E-state index contributed by atoms with van der Waals surface area (Å²) in [6.45, 7) is 0. The smallest absolute Gasteiger partial charge is 0.0612 e. The van der Waals surface area contributed by atoms with Crippen molar-refractivity contribution in [3.05, 3.63) is 0 Å². The molecule has 0 radical (unpaired) electrons.